The van der Waals surface area contributed by atoms with Crippen LogP contribution in [-0.2, 0) is 12.8 Å². The van der Waals surface area contributed by atoms with E-state index in [0.717, 1.165) is 16.9 Å². The maximum absolute atomic E-state index is 13.0. The van der Waals surface area contributed by atoms with E-state index >= 15 is 0 Å². The summed E-state index contributed by atoms with van der Waals surface area (Å²) in [5.41, 5.74) is 8.22. The summed E-state index contributed by atoms with van der Waals surface area (Å²) >= 11 is 5.95. The van der Waals surface area contributed by atoms with E-state index in [1.54, 1.807) is 18.2 Å². The summed E-state index contributed by atoms with van der Waals surface area (Å²) in [4.78, 5) is 28.7. The molecule has 2 aromatic heterocycles. The summed E-state index contributed by atoms with van der Waals surface area (Å²) in [5.74, 6) is 0.489. The molecule has 0 saturated carbocycles. The molecule has 0 spiro atoms. The van der Waals surface area contributed by atoms with Gasteiger partial charge in [-0.1, -0.05) is 23.7 Å². The van der Waals surface area contributed by atoms with Crippen molar-refractivity contribution in [1.29, 1.82) is 0 Å². The Balaban J connectivity index is 1.35. The molecule has 8 nitrogen and oxygen atoms in total. The van der Waals surface area contributed by atoms with Gasteiger partial charge in [-0.3, -0.25) is 9.59 Å². The maximum atomic E-state index is 13.0. The molecule has 2 aromatic carbocycles. The van der Waals surface area contributed by atoms with Crippen LogP contribution in [-0.4, -0.2) is 32.5 Å². The number of primary amides is 1. The molecular formula is C23H18ClN5O3. The predicted molar refractivity (Wildman–Crippen MR) is 118 cm³/mol. The zero-order chi connectivity index (χ0) is 22.2. The fourth-order valence-electron chi connectivity index (χ4n) is 3.94. The number of rotatable bonds is 5. The van der Waals surface area contributed by atoms with Crippen LogP contribution >= 0.6 is 11.6 Å². The minimum atomic E-state index is -0.649. The SMILES string of the molecule is NC(=O)c1cnn2c(C(=O)NC3Cc4cccc(Oc5ccc(Cl)cc5)c4C3)ccnc12. The number of hydrogen-bond acceptors (Lipinski definition) is 5. The lowest BCUT2D eigenvalue weighted by molar-refractivity contribution is 0.0929. The molecule has 9 heteroatoms. The predicted octanol–water partition coefficient (Wildman–Crippen LogP) is 3.17. The molecule has 1 aliphatic rings. The Hall–Kier alpha value is -3.91. The Bertz CT molecular complexity index is 1350. The number of carbonyl (C=O) groups excluding carboxylic acids is 2. The van der Waals surface area contributed by atoms with E-state index in [1.165, 1.54) is 16.9 Å². The Kier molecular flexibility index (Phi) is 4.99. The second-order valence-corrected chi connectivity index (χ2v) is 7.95. The molecule has 32 heavy (non-hydrogen) atoms. The molecule has 3 N–H and O–H groups in total. The number of fused-ring (bicyclic) bond motifs is 2. The third-order valence-electron chi connectivity index (χ3n) is 5.42. The minimum Gasteiger partial charge on any atom is -0.457 e. The first-order chi connectivity index (χ1) is 15.5. The van der Waals surface area contributed by atoms with E-state index in [4.69, 9.17) is 22.1 Å². The highest BCUT2D eigenvalue weighted by molar-refractivity contribution is 6.30. The normalized spacial score (nSPS) is 14.8. The lowest BCUT2D eigenvalue weighted by atomic mass is 10.1. The highest BCUT2D eigenvalue weighted by Gasteiger charge is 2.27. The first-order valence-corrected chi connectivity index (χ1v) is 10.3. The van der Waals surface area contributed by atoms with Gasteiger partial charge in [-0.15, -0.1) is 0 Å². The third-order valence-corrected chi connectivity index (χ3v) is 5.67. The maximum Gasteiger partial charge on any atom is 0.270 e. The summed E-state index contributed by atoms with van der Waals surface area (Å²) in [6, 6.07) is 14.5. The molecule has 2 amide bonds. The molecule has 1 atom stereocenters. The zero-order valence-corrected chi connectivity index (χ0v) is 17.5. The van der Waals surface area contributed by atoms with Crippen molar-refractivity contribution in [3.8, 4) is 11.5 Å². The number of amides is 2. The second-order valence-electron chi connectivity index (χ2n) is 7.52. The Labute approximate surface area is 188 Å². The van der Waals surface area contributed by atoms with E-state index in [-0.39, 0.29) is 28.9 Å². The number of nitrogens with zero attached hydrogens (tertiary/aromatic N) is 3. The van der Waals surface area contributed by atoms with Crippen molar-refractivity contribution in [2.24, 2.45) is 5.73 Å². The number of carbonyl (C=O) groups is 2. The molecule has 160 valence electrons. The van der Waals surface area contributed by atoms with Crippen LogP contribution in [0.15, 0.2) is 60.9 Å². The molecule has 0 aliphatic heterocycles. The first kappa shape index (κ1) is 20.0. The van der Waals surface area contributed by atoms with Crippen LogP contribution in [0.2, 0.25) is 5.02 Å². The van der Waals surface area contributed by atoms with Gasteiger partial charge in [0, 0.05) is 22.8 Å². The highest BCUT2D eigenvalue weighted by Crippen LogP contribution is 2.34. The van der Waals surface area contributed by atoms with Crippen molar-refractivity contribution in [1.82, 2.24) is 19.9 Å². The monoisotopic (exact) mass is 447 g/mol. The van der Waals surface area contributed by atoms with Crippen molar-refractivity contribution in [3.05, 3.63) is 88.3 Å². The summed E-state index contributed by atoms with van der Waals surface area (Å²) < 4.78 is 7.39. The largest absolute Gasteiger partial charge is 0.457 e. The number of nitrogens with one attached hydrogen (secondary N) is 1. The quantitative estimate of drug-likeness (QED) is 0.488. The number of nitrogens with two attached hydrogens (primary N) is 1. The topological polar surface area (TPSA) is 112 Å². The fraction of sp³-hybridized carbons (Fsp3) is 0.130. The van der Waals surface area contributed by atoms with Crippen LogP contribution in [0.25, 0.3) is 5.65 Å². The Morgan fingerprint density at radius 3 is 2.72 bits per heavy atom. The van der Waals surface area contributed by atoms with Gasteiger partial charge in [0.15, 0.2) is 5.65 Å². The van der Waals surface area contributed by atoms with Gasteiger partial charge < -0.3 is 15.8 Å². The summed E-state index contributed by atoms with van der Waals surface area (Å²) in [5, 5.41) is 7.80. The summed E-state index contributed by atoms with van der Waals surface area (Å²) in [7, 11) is 0. The smallest absolute Gasteiger partial charge is 0.270 e. The van der Waals surface area contributed by atoms with Crippen molar-refractivity contribution in [2.75, 3.05) is 0 Å². The first-order valence-electron chi connectivity index (χ1n) is 9.97. The Morgan fingerprint density at radius 2 is 1.94 bits per heavy atom. The summed E-state index contributed by atoms with van der Waals surface area (Å²) in [6.07, 6.45) is 4.08. The molecular weight excluding hydrogens is 430 g/mol. The van der Waals surface area contributed by atoms with Gasteiger partial charge in [0.25, 0.3) is 11.8 Å². The van der Waals surface area contributed by atoms with Gasteiger partial charge in [-0.2, -0.15) is 5.10 Å². The van der Waals surface area contributed by atoms with E-state index in [2.05, 4.69) is 15.4 Å². The van der Waals surface area contributed by atoms with Gasteiger partial charge in [-0.25, -0.2) is 9.50 Å². The standard InChI is InChI=1S/C23H18ClN5O3/c24-14-4-6-16(7-5-14)32-20-3-1-2-13-10-15(11-17(13)20)28-23(31)19-8-9-26-22-18(21(25)30)12-27-29(19)22/h1-9,12,15H,10-11H2,(H2,25,30)(H,28,31). The van der Waals surface area contributed by atoms with Crippen LogP contribution in [0.4, 0.5) is 0 Å². The number of aromatic nitrogens is 3. The van der Waals surface area contributed by atoms with E-state index in [1.807, 2.05) is 30.3 Å². The van der Waals surface area contributed by atoms with Crippen LogP contribution in [0.1, 0.15) is 32.0 Å². The molecule has 0 bridgehead atoms. The lowest BCUT2D eigenvalue weighted by Crippen LogP contribution is -2.36. The van der Waals surface area contributed by atoms with E-state index in [9.17, 15) is 9.59 Å². The van der Waals surface area contributed by atoms with Crippen molar-refractivity contribution in [2.45, 2.75) is 18.9 Å². The highest BCUT2D eigenvalue weighted by atomic mass is 35.5. The molecule has 4 aromatic rings. The lowest BCUT2D eigenvalue weighted by Gasteiger charge is -2.13. The van der Waals surface area contributed by atoms with Crippen molar-refractivity contribution >= 4 is 29.1 Å². The van der Waals surface area contributed by atoms with Gasteiger partial charge in [-0.05, 0) is 54.8 Å². The van der Waals surface area contributed by atoms with Crippen LogP contribution in [0, 0.1) is 0 Å². The third kappa shape index (κ3) is 3.65. The molecule has 0 radical (unpaired) electrons. The van der Waals surface area contributed by atoms with Gasteiger partial charge in [0.1, 0.15) is 22.8 Å². The number of ether oxygens (including phenoxy) is 1. The second kappa shape index (κ2) is 7.97. The van der Waals surface area contributed by atoms with Gasteiger partial charge in [0.2, 0.25) is 0 Å². The van der Waals surface area contributed by atoms with Crippen LogP contribution in [0.5, 0.6) is 11.5 Å². The number of halogens is 1. The molecule has 0 fully saturated rings. The average molecular weight is 448 g/mol. The number of hydrogen-bond donors (Lipinski definition) is 2. The fourth-order valence-corrected chi connectivity index (χ4v) is 4.07. The zero-order valence-electron chi connectivity index (χ0n) is 16.8. The summed E-state index contributed by atoms with van der Waals surface area (Å²) in [6.45, 7) is 0. The molecule has 0 saturated heterocycles. The minimum absolute atomic E-state index is 0.109. The molecule has 5 rings (SSSR count). The van der Waals surface area contributed by atoms with Crippen LogP contribution in [0.3, 0.4) is 0 Å². The van der Waals surface area contributed by atoms with Gasteiger partial charge in [0.05, 0.1) is 6.20 Å². The van der Waals surface area contributed by atoms with E-state index in [0.29, 0.717) is 23.6 Å². The average Bonchev–Trinajstić information content (AvgIpc) is 3.39. The Morgan fingerprint density at radius 1 is 1.12 bits per heavy atom. The van der Waals surface area contributed by atoms with Crippen molar-refractivity contribution < 1.29 is 14.3 Å². The number of benzene rings is 2. The molecule has 1 unspecified atom stereocenters. The van der Waals surface area contributed by atoms with E-state index < -0.39 is 5.91 Å². The van der Waals surface area contributed by atoms with Crippen LogP contribution < -0.4 is 15.8 Å². The van der Waals surface area contributed by atoms with Gasteiger partial charge >= 0.3 is 0 Å². The molecule has 2 heterocycles. The molecule has 1 aliphatic carbocycles. The van der Waals surface area contributed by atoms with Crippen molar-refractivity contribution in [3.63, 3.8) is 0 Å².